The zero-order valence-corrected chi connectivity index (χ0v) is 11.9. The summed E-state index contributed by atoms with van der Waals surface area (Å²) in [4.78, 5) is 18.7. The van der Waals surface area contributed by atoms with Crippen molar-refractivity contribution in [1.29, 1.82) is 0 Å². The van der Waals surface area contributed by atoms with Crippen molar-refractivity contribution in [2.24, 2.45) is 0 Å². The number of thiazole rings is 1. The van der Waals surface area contributed by atoms with Crippen LogP contribution in [0.2, 0.25) is 0 Å². The van der Waals surface area contributed by atoms with Crippen molar-refractivity contribution in [3.63, 3.8) is 0 Å². The maximum absolute atomic E-state index is 12.2. The first-order chi connectivity index (χ1) is 8.76. The van der Waals surface area contributed by atoms with Gasteiger partial charge in [0.1, 0.15) is 0 Å². The SMILES string of the molecule is CCC(=O)N(c1nc(CC)cs1)C1CCNCC1. The van der Waals surface area contributed by atoms with Gasteiger partial charge < -0.3 is 5.32 Å². The maximum Gasteiger partial charge on any atom is 0.228 e. The van der Waals surface area contributed by atoms with Crippen molar-refractivity contribution in [3.8, 4) is 0 Å². The number of piperidine rings is 1. The normalized spacial score (nSPS) is 16.8. The standard InChI is InChI=1S/C13H21N3OS/c1-3-10-9-18-13(15-10)16(12(17)4-2)11-5-7-14-8-6-11/h9,11,14H,3-8H2,1-2H3. The molecule has 1 aromatic heterocycles. The molecule has 5 heteroatoms. The van der Waals surface area contributed by atoms with Gasteiger partial charge >= 0.3 is 0 Å². The summed E-state index contributed by atoms with van der Waals surface area (Å²) in [5.74, 6) is 0.193. The minimum Gasteiger partial charge on any atom is -0.317 e. The number of aryl methyl sites for hydroxylation is 1. The first-order valence-corrected chi connectivity index (χ1v) is 7.61. The fraction of sp³-hybridized carbons (Fsp3) is 0.692. The summed E-state index contributed by atoms with van der Waals surface area (Å²) < 4.78 is 0. The molecule has 1 aliphatic rings. The molecular weight excluding hydrogens is 246 g/mol. The van der Waals surface area contributed by atoms with Crippen LogP contribution >= 0.6 is 11.3 Å². The Balaban J connectivity index is 2.20. The lowest BCUT2D eigenvalue weighted by Gasteiger charge is -2.32. The Morgan fingerprint density at radius 1 is 1.50 bits per heavy atom. The molecule has 0 aromatic carbocycles. The maximum atomic E-state index is 12.2. The number of rotatable bonds is 4. The highest BCUT2D eigenvalue weighted by Crippen LogP contribution is 2.26. The molecule has 100 valence electrons. The predicted octanol–water partition coefficient (Wildman–Crippen LogP) is 2.20. The topological polar surface area (TPSA) is 45.2 Å². The summed E-state index contributed by atoms with van der Waals surface area (Å²) in [5.41, 5.74) is 1.08. The molecule has 0 spiro atoms. The second-order valence-electron chi connectivity index (χ2n) is 4.57. The molecule has 1 saturated heterocycles. The summed E-state index contributed by atoms with van der Waals surface area (Å²) in [7, 11) is 0. The number of amides is 1. The Morgan fingerprint density at radius 2 is 2.22 bits per heavy atom. The Labute approximate surface area is 112 Å². The molecule has 4 nitrogen and oxygen atoms in total. The number of hydrogen-bond donors (Lipinski definition) is 1. The van der Waals surface area contributed by atoms with Crippen molar-refractivity contribution in [2.45, 2.75) is 45.6 Å². The van der Waals surface area contributed by atoms with E-state index in [0.717, 1.165) is 43.2 Å². The average molecular weight is 267 g/mol. The van der Waals surface area contributed by atoms with E-state index in [2.05, 4.69) is 22.6 Å². The molecular formula is C13H21N3OS. The number of hydrogen-bond acceptors (Lipinski definition) is 4. The van der Waals surface area contributed by atoms with Gasteiger partial charge in [0.15, 0.2) is 5.13 Å². The largest absolute Gasteiger partial charge is 0.317 e. The monoisotopic (exact) mass is 267 g/mol. The van der Waals surface area contributed by atoms with Crippen molar-refractivity contribution < 1.29 is 4.79 Å². The second-order valence-corrected chi connectivity index (χ2v) is 5.41. The van der Waals surface area contributed by atoms with Crippen LogP contribution < -0.4 is 10.2 Å². The summed E-state index contributed by atoms with van der Waals surface area (Å²) in [6.07, 6.45) is 3.52. The van der Waals surface area contributed by atoms with E-state index >= 15 is 0 Å². The summed E-state index contributed by atoms with van der Waals surface area (Å²) in [6.45, 7) is 5.99. The number of anilines is 1. The van der Waals surface area contributed by atoms with E-state index < -0.39 is 0 Å². The van der Waals surface area contributed by atoms with Gasteiger partial charge in [-0.1, -0.05) is 13.8 Å². The Bertz CT molecular complexity index is 399. The van der Waals surface area contributed by atoms with Crippen LogP contribution in [0.3, 0.4) is 0 Å². The van der Waals surface area contributed by atoms with Crippen LogP contribution in [0, 0.1) is 0 Å². The molecule has 1 aliphatic heterocycles. The van der Waals surface area contributed by atoms with E-state index in [9.17, 15) is 4.79 Å². The van der Waals surface area contributed by atoms with Crippen LogP contribution in [0.5, 0.6) is 0 Å². The smallest absolute Gasteiger partial charge is 0.228 e. The van der Waals surface area contributed by atoms with Crippen LogP contribution in [-0.4, -0.2) is 30.0 Å². The van der Waals surface area contributed by atoms with Crippen molar-refractivity contribution in [2.75, 3.05) is 18.0 Å². The quantitative estimate of drug-likeness (QED) is 0.909. The van der Waals surface area contributed by atoms with Gasteiger partial charge in [-0.2, -0.15) is 0 Å². The molecule has 0 unspecified atom stereocenters. The average Bonchev–Trinajstić information content (AvgIpc) is 2.88. The van der Waals surface area contributed by atoms with E-state index in [0.29, 0.717) is 12.5 Å². The third-order valence-electron chi connectivity index (χ3n) is 3.35. The molecule has 1 aromatic rings. The molecule has 1 fully saturated rings. The van der Waals surface area contributed by atoms with E-state index in [1.807, 2.05) is 11.8 Å². The van der Waals surface area contributed by atoms with Gasteiger partial charge in [0.2, 0.25) is 5.91 Å². The third kappa shape index (κ3) is 2.90. The first-order valence-electron chi connectivity index (χ1n) is 6.73. The molecule has 0 aliphatic carbocycles. The molecule has 0 bridgehead atoms. The molecule has 1 N–H and O–H groups in total. The first kappa shape index (κ1) is 13.5. The lowest BCUT2D eigenvalue weighted by Crippen LogP contribution is -2.46. The lowest BCUT2D eigenvalue weighted by atomic mass is 10.1. The second kappa shape index (κ2) is 6.29. The predicted molar refractivity (Wildman–Crippen MR) is 75.2 cm³/mol. The van der Waals surface area contributed by atoms with Gasteiger partial charge in [-0.15, -0.1) is 11.3 Å². The summed E-state index contributed by atoms with van der Waals surface area (Å²) in [6, 6.07) is 0.314. The fourth-order valence-electron chi connectivity index (χ4n) is 2.27. The molecule has 2 heterocycles. The zero-order valence-electron chi connectivity index (χ0n) is 11.1. The van der Waals surface area contributed by atoms with Gasteiger partial charge in [-0.25, -0.2) is 4.98 Å². The van der Waals surface area contributed by atoms with Crippen molar-refractivity contribution >= 4 is 22.4 Å². The molecule has 2 rings (SSSR count). The Kier molecular flexibility index (Phi) is 4.72. The number of nitrogens with zero attached hydrogens (tertiary/aromatic N) is 2. The van der Waals surface area contributed by atoms with Crippen LogP contribution in [0.1, 0.15) is 38.8 Å². The molecule has 0 saturated carbocycles. The van der Waals surface area contributed by atoms with Crippen LogP contribution in [0.25, 0.3) is 0 Å². The zero-order chi connectivity index (χ0) is 13.0. The number of nitrogens with one attached hydrogen (secondary N) is 1. The molecule has 0 atom stereocenters. The minimum absolute atomic E-state index is 0.193. The van der Waals surface area contributed by atoms with E-state index in [1.54, 1.807) is 11.3 Å². The summed E-state index contributed by atoms with van der Waals surface area (Å²) >= 11 is 1.59. The van der Waals surface area contributed by atoms with Crippen LogP contribution in [0.4, 0.5) is 5.13 Å². The lowest BCUT2D eigenvalue weighted by molar-refractivity contribution is -0.118. The van der Waals surface area contributed by atoms with E-state index in [1.165, 1.54) is 0 Å². The van der Waals surface area contributed by atoms with E-state index in [-0.39, 0.29) is 5.91 Å². The van der Waals surface area contributed by atoms with Gasteiger partial charge in [0.05, 0.1) is 5.69 Å². The Morgan fingerprint density at radius 3 is 2.78 bits per heavy atom. The summed E-state index contributed by atoms with van der Waals surface area (Å²) in [5, 5.41) is 6.28. The Hall–Kier alpha value is -0.940. The number of aromatic nitrogens is 1. The van der Waals surface area contributed by atoms with Gasteiger partial charge in [-0.3, -0.25) is 9.69 Å². The van der Waals surface area contributed by atoms with Crippen molar-refractivity contribution in [3.05, 3.63) is 11.1 Å². The van der Waals surface area contributed by atoms with Gasteiger partial charge in [0, 0.05) is 17.8 Å². The number of carbonyl (C=O) groups is 1. The van der Waals surface area contributed by atoms with Gasteiger partial charge in [0.25, 0.3) is 0 Å². The molecule has 18 heavy (non-hydrogen) atoms. The minimum atomic E-state index is 0.193. The van der Waals surface area contributed by atoms with Crippen molar-refractivity contribution in [1.82, 2.24) is 10.3 Å². The third-order valence-corrected chi connectivity index (χ3v) is 4.24. The fourth-order valence-corrected chi connectivity index (χ4v) is 3.27. The van der Waals surface area contributed by atoms with Crippen LogP contribution in [0.15, 0.2) is 5.38 Å². The highest BCUT2D eigenvalue weighted by atomic mass is 32.1. The van der Waals surface area contributed by atoms with E-state index in [4.69, 9.17) is 0 Å². The van der Waals surface area contributed by atoms with Crippen LogP contribution in [-0.2, 0) is 11.2 Å². The highest BCUT2D eigenvalue weighted by molar-refractivity contribution is 7.14. The number of carbonyl (C=O) groups excluding carboxylic acids is 1. The molecule has 0 radical (unpaired) electrons. The molecule has 1 amide bonds. The van der Waals surface area contributed by atoms with Gasteiger partial charge in [-0.05, 0) is 32.4 Å². The highest BCUT2D eigenvalue weighted by Gasteiger charge is 2.27.